The molecule has 1 fully saturated rings. The molecule has 50 valence electrons. The van der Waals surface area contributed by atoms with Crippen LogP contribution in [0.25, 0.3) is 0 Å². The fourth-order valence-electron chi connectivity index (χ4n) is 0.798. The Bertz CT molecular complexity index is 48.5. The minimum Gasteiger partial charge on any atom is -0.314 e. The van der Waals surface area contributed by atoms with Crippen molar-refractivity contribution in [3.8, 4) is 0 Å². The van der Waals surface area contributed by atoms with Crippen molar-refractivity contribution in [2.45, 2.75) is 20.4 Å². The van der Waals surface area contributed by atoms with E-state index in [4.69, 9.17) is 0 Å². The van der Waals surface area contributed by atoms with E-state index in [0.29, 0.717) is 6.04 Å². The van der Waals surface area contributed by atoms with Crippen molar-refractivity contribution >= 4 is 0 Å². The Kier molecular flexibility index (Phi) is 3.83. The normalized spacial score (nSPS) is 28.9. The molecule has 1 aliphatic rings. The van der Waals surface area contributed by atoms with Gasteiger partial charge >= 0.3 is 0 Å². The van der Waals surface area contributed by atoms with Crippen molar-refractivity contribution in [3.63, 3.8) is 0 Å². The van der Waals surface area contributed by atoms with Crippen LogP contribution in [0.2, 0.25) is 0 Å². The van der Waals surface area contributed by atoms with Crippen LogP contribution in [0.4, 0.5) is 0 Å². The number of piperazine rings is 1. The highest BCUT2D eigenvalue weighted by Crippen LogP contribution is 1.80. The zero-order chi connectivity index (χ0) is 5.11. The summed E-state index contributed by atoms with van der Waals surface area (Å²) < 4.78 is 0. The maximum Gasteiger partial charge on any atom is 0.0164 e. The highest BCUT2D eigenvalue weighted by Gasteiger charge is 2.03. The second-order valence-corrected chi connectivity index (χ2v) is 2.06. The smallest absolute Gasteiger partial charge is 0.0164 e. The zero-order valence-electron chi connectivity index (χ0n) is 4.70. The van der Waals surface area contributed by atoms with Gasteiger partial charge in [0, 0.05) is 25.7 Å². The summed E-state index contributed by atoms with van der Waals surface area (Å²) in [6.07, 6.45) is 0. The van der Waals surface area contributed by atoms with Gasteiger partial charge in [0.25, 0.3) is 0 Å². The molecule has 1 aliphatic heterocycles. The molecule has 0 saturated carbocycles. The Morgan fingerprint density at radius 2 is 2.12 bits per heavy atom. The third-order valence-corrected chi connectivity index (χ3v) is 1.25. The molecule has 0 aromatic rings. The highest BCUT2D eigenvalue weighted by molar-refractivity contribution is 4.69. The molecule has 0 radical (unpaired) electrons. The molecule has 0 unspecified atom stereocenters. The van der Waals surface area contributed by atoms with Crippen LogP contribution in [-0.2, 0) is 0 Å². The lowest BCUT2D eigenvalue weighted by molar-refractivity contribution is 0.442. The summed E-state index contributed by atoms with van der Waals surface area (Å²) in [7, 11) is 0. The predicted molar refractivity (Wildman–Crippen MR) is 37.1 cm³/mol. The van der Waals surface area contributed by atoms with Gasteiger partial charge in [-0.2, -0.15) is 0 Å². The highest BCUT2D eigenvalue weighted by atomic mass is 15.0. The molecule has 1 atom stereocenters. The van der Waals surface area contributed by atoms with Gasteiger partial charge in [-0.25, -0.2) is 0 Å². The first-order valence-electron chi connectivity index (χ1n) is 2.83. The van der Waals surface area contributed by atoms with Gasteiger partial charge < -0.3 is 10.6 Å². The summed E-state index contributed by atoms with van der Waals surface area (Å²) in [6, 6.07) is 0.675. The summed E-state index contributed by atoms with van der Waals surface area (Å²) in [6.45, 7) is 5.57. The van der Waals surface area contributed by atoms with Crippen LogP contribution in [0, 0.1) is 0 Å². The molecule has 0 aromatic carbocycles. The first kappa shape index (κ1) is 7.92. The molecule has 1 rings (SSSR count). The van der Waals surface area contributed by atoms with Crippen LogP contribution < -0.4 is 10.6 Å². The van der Waals surface area contributed by atoms with Crippen LogP contribution in [-0.4, -0.2) is 25.7 Å². The van der Waals surface area contributed by atoms with Gasteiger partial charge in [-0.1, -0.05) is 7.43 Å². The second kappa shape index (κ2) is 3.87. The van der Waals surface area contributed by atoms with Gasteiger partial charge in [0.15, 0.2) is 0 Å². The zero-order valence-corrected chi connectivity index (χ0v) is 4.70. The monoisotopic (exact) mass is 116 g/mol. The largest absolute Gasteiger partial charge is 0.314 e. The average molecular weight is 116 g/mol. The van der Waals surface area contributed by atoms with E-state index in [2.05, 4.69) is 17.6 Å². The number of hydrogen-bond donors (Lipinski definition) is 2. The maximum atomic E-state index is 3.32. The molecule has 0 aromatic heterocycles. The summed E-state index contributed by atoms with van der Waals surface area (Å²) in [5.74, 6) is 0. The lowest BCUT2D eigenvalue weighted by Gasteiger charge is -2.19. The number of nitrogens with one attached hydrogen (secondary N) is 2. The Morgan fingerprint density at radius 3 is 2.38 bits per heavy atom. The molecule has 8 heavy (non-hydrogen) atoms. The molecule has 0 spiro atoms. The van der Waals surface area contributed by atoms with E-state index < -0.39 is 0 Å². The summed E-state index contributed by atoms with van der Waals surface area (Å²) in [4.78, 5) is 0. The first-order valence-corrected chi connectivity index (χ1v) is 2.83. The second-order valence-electron chi connectivity index (χ2n) is 2.06. The molecule has 2 heteroatoms. The summed E-state index contributed by atoms with van der Waals surface area (Å²) in [5, 5.41) is 6.59. The van der Waals surface area contributed by atoms with Crippen molar-refractivity contribution in [2.24, 2.45) is 0 Å². The van der Waals surface area contributed by atoms with Gasteiger partial charge in [-0.3, -0.25) is 0 Å². The molecule has 1 saturated heterocycles. The topological polar surface area (TPSA) is 24.1 Å². The molecule has 2 N–H and O–H groups in total. The van der Waals surface area contributed by atoms with E-state index in [9.17, 15) is 0 Å². The van der Waals surface area contributed by atoms with Crippen LogP contribution in [0.1, 0.15) is 14.4 Å². The van der Waals surface area contributed by atoms with Crippen LogP contribution in [0.3, 0.4) is 0 Å². The maximum absolute atomic E-state index is 3.32. The van der Waals surface area contributed by atoms with E-state index in [1.54, 1.807) is 0 Å². The third kappa shape index (κ3) is 2.28. The fourth-order valence-corrected chi connectivity index (χ4v) is 0.798. The Hall–Kier alpha value is -0.0800. The van der Waals surface area contributed by atoms with Gasteiger partial charge in [-0.15, -0.1) is 0 Å². The third-order valence-electron chi connectivity index (χ3n) is 1.25. The van der Waals surface area contributed by atoms with E-state index >= 15 is 0 Å². The lowest BCUT2D eigenvalue weighted by atomic mass is 10.3. The van der Waals surface area contributed by atoms with Crippen molar-refractivity contribution < 1.29 is 0 Å². The Morgan fingerprint density at radius 1 is 1.38 bits per heavy atom. The quantitative estimate of drug-likeness (QED) is 0.472. The van der Waals surface area contributed by atoms with Crippen LogP contribution in [0.15, 0.2) is 0 Å². The number of hydrogen-bond acceptors (Lipinski definition) is 2. The summed E-state index contributed by atoms with van der Waals surface area (Å²) >= 11 is 0. The van der Waals surface area contributed by atoms with Crippen molar-refractivity contribution in [3.05, 3.63) is 0 Å². The standard InChI is InChI=1S/C5H12N2.CH4/c1-5-4-6-2-3-7-5;/h5-7H,2-4H2,1H3;1H4/t5-;/m1./s1. The van der Waals surface area contributed by atoms with Gasteiger partial charge in [-0.05, 0) is 6.92 Å². The van der Waals surface area contributed by atoms with Crippen molar-refractivity contribution in [1.82, 2.24) is 10.6 Å². The minimum absolute atomic E-state index is 0. The molecular weight excluding hydrogens is 100 g/mol. The Labute approximate surface area is 51.7 Å². The predicted octanol–water partition coefficient (Wildman–Crippen LogP) is 0.204. The number of rotatable bonds is 0. The molecule has 1 heterocycles. The average Bonchev–Trinajstić information content (AvgIpc) is 1.69. The molecular formula is C6H16N2. The van der Waals surface area contributed by atoms with E-state index in [1.807, 2.05) is 0 Å². The van der Waals surface area contributed by atoms with Crippen molar-refractivity contribution in [1.29, 1.82) is 0 Å². The van der Waals surface area contributed by atoms with Gasteiger partial charge in [0.1, 0.15) is 0 Å². The molecule has 0 bridgehead atoms. The fraction of sp³-hybridized carbons (Fsp3) is 1.00. The molecule has 0 amide bonds. The van der Waals surface area contributed by atoms with E-state index in [0.717, 1.165) is 19.6 Å². The molecule has 0 aliphatic carbocycles. The van der Waals surface area contributed by atoms with Crippen molar-refractivity contribution in [2.75, 3.05) is 19.6 Å². The van der Waals surface area contributed by atoms with Crippen LogP contribution in [0.5, 0.6) is 0 Å². The van der Waals surface area contributed by atoms with E-state index in [-0.39, 0.29) is 7.43 Å². The molecule has 2 nitrogen and oxygen atoms in total. The van der Waals surface area contributed by atoms with E-state index in [1.165, 1.54) is 0 Å². The van der Waals surface area contributed by atoms with Crippen LogP contribution >= 0.6 is 0 Å². The summed E-state index contributed by atoms with van der Waals surface area (Å²) in [5.41, 5.74) is 0. The minimum atomic E-state index is 0. The SMILES string of the molecule is C.C[C@@H]1CNCCN1. The Balaban J connectivity index is 0.000000490. The lowest BCUT2D eigenvalue weighted by Crippen LogP contribution is -2.46. The first-order chi connectivity index (χ1) is 3.39. The van der Waals surface area contributed by atoms with Gasteiger partial charge in [0.2, 0.25) is 0 Å². The van der Waals surface area contributed by atoms with Gasteiger partial charge in [0.05, 0.1) is 0 Å².